The number of aliphatic hydroxyl groups is 1. The maximum Gasteiger partial charge on any atom is 0.345 e. The molecule has 0 aliphatic carbocycles. The zero-order chi connectivity index (χ0) is 21.9. The molecule has 7 nitrogen and oxygen atoms in total. The van der Waals surface area contributed by atoms with E-state index in [-0.39, 0.29) is 12.5 Å². The van der Waals surface area contributed by atoms with Crippen LogP contribution in [0.5, 0.6) is 0 Å². The van der Waals surface area contributed by atoms with Crippen LogP contribution in [0.3, 0.4) is 0 Å². The lowest BCUT2D eigenvalue weighted by Crippen LogP contribution is -2.29. The summed E-state index contributed by atoms with van der Waals surface area (Å²) in [6.07, 6.45) is 12.3. The summed E-state index contributed by atoms with van der Waals surface area (Å²) in [6, 6.07) is 0. The molecule has 0 aromatic rings. The Morgan fingerprint density at radius 2 is 1.24 bits per heavy atom. The normalized spacial score (nSPS) is 13.0. The first kappa shape index (κ1) is 27.4. The molecule has 0 amide bonds. The van der Waals surface area contributed by atoms with Crippen LogP contribution in [0.1, 0.15) is 110 Å². The number of ether oxygens (including phenoxy) is 1. The van der Waals surface area contributed by atoms with Gasteiger partial charge in [0.1, 0.15) is 0 Å². The van der Waals surface area contributed by atoms with Crippen molar-refractivity contribution in [3.05, 3.63) is 0 Å². The molecule has 0 aliphatic heterocycles. The lowest BCUT2D eigenvalue weighted by atomic mass is 10.0. The van der Waals surface area contributed by atoms with Crippen molar-refractivity contribution in [3.8, 4) is 0 Å². The van der Waals surface area contributed by atoms with E-state index in [1.54, 1.807) is 0 Å². The zero-order valence-corrected chi connectivity index (χ0v) is 17.9. The molecular weight excluding hydrogens is 376 g/mol. The molecule has 0 radical (unpaired) electrons. The first-order valence-corrected chi connectivity index (χ1v) is 11.2. The molecule has 0 heterocycles. The Balaban J connectivity index is 3.51. The van der Waals surface area contributed by atoms with Crippen LogP contribution >= 0.6 is 0 Å². The molecule has 0 aromatic heterocycles. The van der Waals surface area contributed by atoms with Crippen molar-refractivity contribution in [1.82, 2.24) is 0 Å². The summed E-state index contributed by atoms with van der Waals surface area (Å²) in [6.45, 7) is 2.19. The molecule has 0 saturated heterocycles. The summed E-state index contributed by atoms with van der Waals surface area (Å²) >= 11 is 0. The van der Waals surface area contributed by atoms with Crippen molar-refractivity contribution in [1.29, 1.82) is 0 Å². The number of rotatable bonds is 20. The molecule has 0 aromatic carbocycles. The number of aliphatic hydroxyl groups excluding tert-OH is 1. The molecule has 0 spiro atoms. The Hall–Kier alpha value is -1.63. The molecule has 7 heteroatoms. The van der Waals surface area contributed by atoms with Crippen molar-refractivity contribution in [2.24, 2.45) is 0 Å². The molecule has 0 saturated carbocycles. The summed E-state index contributed by atoms with van der Waals surface area (Å²) in [5, 5.41) is 27.4. The third kappa shape index (κ3) is 18.2. The van der Waals surface area contributed by atoms with Gasteiger partial charge >= 0.3 is 17.9 Å². The van der Waals surface area contributed by atoms with Crippen LogP contribution in [-0.4, -0.2) is 45.4 Å². The summed E-state index contributed by atoms with van der Waals surface area (Å²) < 4.78 is 4.71. The number of carbonyl (C=O) groups excluding carboxylic acids is 1. The summed E-state index contributed by atoms with van der Waals surface area (Å²) in [4.78, 5) is 33.0. The van der Waals surface area contributed by atoms with Gasteiger partial charge in [-0.25, -0.2) is 4.79 Å². The van der Waals surface area contributed by atoms with E-state index in [9.17, 15) is 19.5 Å². The lowest BCUT2D eigenvalue weighted by Gasteiger charge is -2.11. The first-order chi connectivity index (χ1) is 13.9. The van der Waals surface area contributed by atoms with Gasteiger partial charge in [-0.15, -0.1) is 0 Å². The highest BCUT2D eigenvalue weighted by atomic mass is 16.6. The second-order valence-corrected chi connectivity index (χ2v) is 7.78. The van der Waals surface area contributed by atoms with Gasteiger partial charge in [-0.1, -0.05) is 77.6 Å². The molecule has 2 atom stereocenters. The maximum atomic E-state index is 11.6. The summed E-state index contributed by atoms with van der Waals surface area (Å²) in [5.74, 6) is -3.41. The van der Waals surface area contributed by atoms with E-state index in [1.807, 2.05) is 0 Å². The second-order valence-electron chi connectivity index (χ2n) is 7.78. The number of hydrogen-bond acceptors (Lipinski definition) is 5. The van der Waals surface area contributed by atoms with E-state index in [2.05, 4.69) is 6.92 Å². The van der Waals surface area contributed by atoms with E-state index in [0.717, 1.165) is 64.2 Å². The molecule has 0 bridgehead atoms. The van der Waals surface area contributed by atoms with E-state index in [0.29, 0.717) is 6.42 Å². The highest BCUT2D eigenvalue weighted by Crippen LogP contribution is 2.14. The largest absolute Gasteiger partial charge is 0.481 e. The molecular formula is C22H40O7. The van der Waals surface area contributed by atoms with Gasteiger partial charge in [-0.2, -0.15) is 0 Å². The predicted octanol–water partition coefficient (Wildman–Crippen LogP) is 4.69. The fourth-order valence-corrected chi connectivity index (χ4v) is 3.22. The molecule has 2 unspecified atom stereocenters. The molecule has 0 aliphatic rings. The van der Waals surface area contributed by atoms with Crippen molar-refractivity contribution in [2.75, 3.05) is 0 Å². The molecule has 0 rings (SSSR count). The Kier molecular flexibility index (Phi) is 17.4. The van der Waals surface area contributed by atoms with Crippen LogP contribution < -0.4 is 0 Å². The van der Waals surface area contributed by atoms with E-state index in [4.69, 9.17) is 14.9 Å². The van der Waals surface area contributed by atoms with Gasteiger partial charge in [0.05, 0.1) is 12.5 Å². The van der Waals surface area contributed by atoms with Gasteiger partial charge in [0.2, 0.25) is 6.10 Å². The second kappa shape index (κ2) is 18.4. The van der Waals surface area contributed by atoms with Crippen molar-refractivity contribution >= 4 is 17.9 Å². The van der Waals surface area contributed by atoms with Crippen LogP contribution in [-0.2, 0) is 19.1 Å². The monoisotopic (exact) mass is 416 g/mol. The predicted molar refractivity (Wildman–Crippen MR) is 111 cm³/mol. The third-order valence-corrected chi connectivity index (χ3v) is 4.97. The SMILES string of the molecule is CCCCCCC(O)CCCCCCCCCCC(=O)OC(CC(=O)O)C(=O)O. The van der Waals surface area contributed by atoms with E-state index < -0.39 is 30.4 Å². The number of esters is 1. The van der Waals surface area contributed by atoms with Crippen molar-refractivity contribution in [3.63, 3.8) is 0 Å². The van der Waals surface area contributed by atoms with Gasteiger partial charge in [0.25, 0.3) is 0 Å². The number of carboxylic acids is 2. The molecule has 3 N–H and O–H groups in total. The van der Waals surface area contributed by atoms with Crippen LogP contribution in [0.2, 0.25) is 0 Å². The minimum absolute atomic E-state index is 0.111. The fourth-order valence-electron chi connectivity index (χ4n) is 3.22. The lowest BCUT2D eigenvalue weighted by molar-refractivity contribution is -0.167. The highest BCUT2D eigenvalue weighted by Gasteiger charge is 2.24. The zero-order valence-electron chi connectivity index (χ0n) is 17.9. The Bertz CT molecular complexity index is 450. The molecule has 170 valence electrons. The van der Waals surface area contributed by atoms with Crippen LogP contribution in [0, 0.1) is 0 Å². The van der Waals surface area contributed by atoms with Gasteiger partial charge in [-0.05, 0) is 19.3 Å². The topological polar surface area (TPSA) is 121 Å². The maximum absolute atomic E-state index is 11.6. The fraction of sp³-hybridized carbons (Fsp3) is 0.864. The van der Waals surface area contributed by atoms with Gasteiger partial charge in [-0.3, -0.25) is 9.59 Å². The summed E-state index contributed by atoms with van der Waals surface area (Å²) in [5.41, 5.74) is 0. The summed E-state index contributed by atoms with van der Waals surface area (Å²) in [7, 11) is 0. The Labute approximate surface area is 174 Å². The van der Waals surface area contributed by atoms with Gasteiger partial charge in [0.15, 0.2) is 0 Å². The van der Waals surface area contributed by atoms with Gasteiger partial charge in [0, 0.05) is 6.42 Å². The minimum Gasteiger partial charge on any atom is -0.481 e. The number of carboxylic acid groups (broad SMARTS) is 2. The smallest absolute Gasteiger partial charge is 0.345 e. The van der Waals surface area contributed by atoms with E-state index in [1.165, 1.54) is 19.3 Å². The number of aliphatic carboxylic acids is 2. The average molecular weight is 417 g/mol. The van der Waals surface area contributed by atoms with Crippen molar-refractivity contribution < 1.29 is 34.4 Å². The Morgan fingerprint density at radius 3 is 1.72 bits per heavy atom. The highest BCUT2D eigenvalue weighted by molar-refractivity contribution is 5.82. The van der Waals surface area contributed by atoms with E-state index >= 15 is 0 Å². The van der Waals surface area contributed by atoms with Crippen molar-refractivity contribution in [2.45, 2.75) is 122 Å². The first-order valence-electron chi connectivity index (χ1n) is 11.2. The van der Waals surface area contributed by atoms with Crippen LogP contribution in [0.25, 0.3) is 0 Å². The average Bonchev–Trinajstić information content (AvgIpc) is 2.65. The molecule has 29 heavy (non-hydrogen) atoms. The van der Waals surface area contributed by atoms with Gasteiger partial charge < -0.3 is 20.1 Å². The number of hydrogen-bond donors (Lipinski definition) is 3. The standard InChI is InChI=1S/C22H40O7/c1-2-3-4-11-14-18(23)15-12-9-7-5-6-8-10-13-16-21(26)29-19(22(27)28)17-20(24)25/h18-19,23H,2-17H2,1H3,(H,24,25)(H,27,28). The molecule has 0 fully saturated rings. The quantitative estimate of drug-likeness (QED) is 0.194. The minimum atomic E-state index is -1.62. The number of carbonyl (C=O) groups is 3. The third-order valence-electron chi connectivity index (χ3n) is 4.97. The number of unbranched alkanes of at least 4 members (excludes halogenated alkanes) is 10. The Morgan fingerprint density at radius 1 is 0.759 bits per heavy atom. The van der Waals surface area contributed by atoms with Crippen LogP contribution in [0.4, 0.5) is 0 Å². The van der Waals surface area contributed by atoms with Crippen LogP contribution in [0.15, 0.2) is 0 Å².